The van der Waals surface area contributed by atoms with E-state index in [4.69, 9.17) is 0 Å². The molecule has 0 aliphatic carbocycles. The van der Waals surface area contributed by atoms with Gasteiger partial charge in [-0.3, -0.25) is 9.59 Å². The first-order chi connectivity index (χ1) is 11.1. The molecule has 1 aliphatic rings. The van der Waals surface area contributed by atoms with Gasteiger partial charge in [0.25, 0.3) is 5.91 Å². The van der Waals surface area contributed by atoms with Gasteiger partial charge >= 0.3 is 0 Å². The van der Waals surface area contributed by atoms with E-state index in [9.17, 15) is 9.59 Å². The van der Waals surface area contributed by atoms with Gasteiger partial charge in [0.1, 0.15) is 0 Å². The number of hydrogen-bond donors (Lipinski definition) is 2. The molecular weight excluding hydrogens is 394 g/mol. The number of likely N-dealkylation sites (tertiary alicyclic amines) is 1. The van der Waals surface area contributed by atoms with Crippen molar-refractivity contribution in [1.29, 1.82) is 0 Å². The highest BCUT2D eigenvalue weighted by atomic mass is 79.9. The van der Waals surface area contributed by atoms with Gasteiger partial charge < -0.3 is 15.2 Å². The molecule has 2 N–H and O–H groups in total. The third kappa shape index (κ3) is 3.82. The number of aromatic amines is 1. The lowest BCUT2D eigenvalue weighted by molar-refractivity contribution is 0.0676. The predicted molar refractivity (Wildman–Crippen MR) is 102 cm³/mol. The van der Waals surface area contributed by atoms with Crippen LogP contribution in [-0.2, 0) is 0 Å². The van der Waals surface area contributed by atoms with Gasteiger partial charge in [0.05, 0.1) is 11.1 Å². The number of aromatic nitrogens is 1. The third-order valence-corrected chi connectivity index (χ3v) is 5.02. The summed E-state index contributed by atoms with van der Waals surface area (Å²) in [6, 6.07) is 7.02. The SMILES string of the molecule is CNCC1CCCN(C(=O)c2cc(=O)[nH]c3c(Br)cccc23)C1.Cl. The van der Waals surface area contributed by atoms with Crippen LogP contribution in [0.2, 0.25) is 0 Å². The summed E-state index contributed by atoms with van der Waals surface area (Å²) in [6.07, 6.45) is 2.13. The van der Waals surface area contributed by atoms with Crippen molar-refractivity contribution < 1.29 is 4.79 Å². The van der Waals surface area contributed by atoms with Gasteiger partial charge in [-0.2, -0.15) is 0 Å². The van der Waals surface area contributed by atoms with Crippen molar-refractivity contribution in [2.24, 2.45) is 5.92 Å². The Kier molecular flexibility index (Phi) is 6.43. The zero-order chi connectivity index (χ0) is 16.4. The van der Waals surface area contributed by atoms with Crippen molar-refractivity contribution in [2.75, 3.05) is 26.7 Å². The van der Waals surface area contributed by atoms with Crippen molar-refractivity contribution in [3.05, 3.63) is 44.7 Å². The summed E-state index contributed by atoms with van der Waals surface area (Å²) < 4.78 is 0.786. The molecule has 2 aromatic rings. The molecule has 1 fully saturated rings. The minimum Gasteiger partial charge on any atom is -0.338 e. The summed E-state index contributed by atoms with van der Waals surface area (Å²) in [5, 5.41) is 3.96. The molecule has 5 nitrogen and oxygen atoms in total. The lowest BCUT2D eigenvalue weighted by atomic mass is 9.97. The van der Waals surface area contributed by atoms with E-state index in [1.807, 2.05) is 30.1 Å². The Morgan fingerprint density at radius 1 is 1.46 bits per heavy atom. The van der Waals surface area contributed by atoms with Crippen LogP contribution in [0.4, 0.5) is 0 Å². The Morgan fingerprint density at radius 2 is 2.25 bits per heavy atom. The second kappa shape index (κ2) is 8.14. The van der Waals surface area contributed by atoms with Crippen LogP contribution in [0.3, 0.4) is 0 Å². The Labute approximate surface area is 155 Å². The molecule has 7 heteroatoms. The number of nitrogens with one attached hydrogen (secondary N) is 2. The Hall–Kier alpha value is -1.37. The highest BCUT2D eigenvalue weighted by Crippen LogP contribution is 2.25. The summed E-state index contributed by atoms with van der Waals surface area (Å²) in [4.78, 5) is 29.6. The zero-order valence-corrected chi connectivity index (χ0v) is 15.9. The molecule has 1 atom stereocenters. The van der Waals surface area contributed by atoms with Crippen molar-refractivity contribution in [1.82, 2.24) is 15.2 Å². The number of nitrogens with zero attached hydrogens (tertiary/aromatic N) is 1. The number of halogens is 2. The number of rotatable bonds is 3. The Bertz CT molecular complexity index is 791. The molecule has 2 heterocycles. The molecule has 1 aromatic heterocycles. The van der Waals surface area contributed by atoms with Crippen molar-refractivity contribution in [3.8, 4) is 0 Å². The second-order valence-corrected chi connectivity index (χ2v) is 6.88. The maximum Gasteiger partial charge on any atom is 0.254 e. The van der Waals surface area contributed by atoms with Gasteiger partial charge in [-0.1, -0.05) is 12.1 Å². The largest absolute Gasteiger partial charge is 0.338 e. The number of benzene rings is 1. The van der Waals surface area contributed by atoms with Crippen molar-refractivity contribution >= 4 is 45.1 Å². The summed E-state index contributed by atoms with van der Waals surface area (Å²) in [5.41, 5.74) is 0.902. The highest BCUT2D eigenvalue weighted by molar-refractivity contribution is 9.10. The van der Waals surface area contributed by atoms with Gasteiger partial charge in [0.2, 0.25) is 5.56 Å². The van der Waals surface area contributed by atoms with Crippen LogP contribution in [0.15, 0.2) is 33.5 Å². The maximum absolute atomic E-state index is 13.0. The number of carbonyl (C=O) groups is 1. The van der Waals surface area contributed by atoms with Crippen LogP contribution in [0.25, 0.3) is 10.9 Å². The third-order valence-electron chi connectivity index (χ3n) is 4.36. The van der Waals surface area contributed by atoms with Gasteiger partial charge in [-0.25, -0.2) is 0 Å². The Morgan fingerprint density at radius 3 is 3.00 bits per heavy atom. The van der Waals surface area contributed by atoms with Crippen molar-refractivity contribution in [2.45, 2.75) is 12.8 Å². The molecule has 0 bridgehead atoms. The topological polar surface area (TPSA) is 65.2 Å². The fourth-order valence-electron chi connectivity index (χ4n) is 3.30. The fourth-order valence-corrected chi connectivity index (χ4v) is 3.76. The van der Waals surface area contributed by atoms with Crippen LogP contribution in [0.5, 0.6) is 0 Å². The first kappa shape index (κ1) is 19.0. The molecular formula is C17H21BrClN3O2. The zero-order valence-electron chi connectivity index (χ0n) is 13.5. The van der Waals surface area contributed by atoms with E-state index in [1.54, 1.807) is 0 Å². The molecule has 3 rings (SSSR count). The quantitative estimate of drug-likeness (QED) is 0.812. The number of piperidine rings is 1. The molecule has 130 valence electrons. The van der Waals surface area contributed by atoms with Crippen LogP contribution in [-0.4, -0.2) is 42.5 Å². The number of H-pyrrole nitrogens is 1. The average Bonchev–Trinajstić information content (AvgIpc) is 2.55. The summed E-state index contributed by atoms with van der Waals surface area (Å²) in [7, 11) is 1.93. The van der Waals surface area contributed by atoms with Crippen LogP contribution in [0, 0.1) is 5.92 Å². The molecule has 1 amide bonds. The van der Waals surface area contributed by atoms with E-state index >= 15 is 0 Å². The smallest absolute Gasteiger partial charge is 0.254 e. The van der Waals surface area contributed by atoms with Gasteiger partial charge in [0, 0.05) is 29.0 Å². The van der Waals surface area contributed by atoms with E-state index < -0.39 is 0 Å². The lowest BCUT2D eigenvalue weighted by Crippen LogP contribution is -2.42. The summed E-state index contributed by atoms with van der Waals surface area (Å²) >= 11 is 3.44. The standard InChI is InChI=1S/C17H20BrN3O2.ClH/c1-19-9-11-4-3-7-21(10-11)17(23)13-8-15(22)20-16-12(13)5-2-6-14(16)18;/h2,5-6,8,11,19H,3-4,7,9-10H2,1H3,(H,20,22);1H. The highest BCUT2D eigenvalue weighted by Gasteiger charge is 2.25. The number of amides is 1. The normalized spacial score (nSPS) is 17.6. The number of carbonyl (C=O) groups excluding carboxylic acids is 1. The van der Waals surface area contributed by atoms with Crippen molar-refractivity contribution in [3.63, 3.8) is 0 Å². The number of pyridine rings is 1. The first-order valence-corrected chi connectivity index (χ1v) is 8.65. The molecule has 1 saturated heterocycles. The average molecular weight is 415 g/mol. The van der Waals surface area contributed by atoms with E-state index in [0.717, 1.165) is 42.3 Å². The minimum atomic E-state index is -0.253. The van der Waals surface area contributed by atoms with E-state index in [-0.39, 0.29) is 23.9 Å². The molecule has 0 spiro atoms. The molecule has 24 heavy (non-hydrogen) atoms. The van der Waals surface area contributed by atoms with E-state index in [1.165, 1.54) is 6.07 Å². The Balaban J connectivity index is 0.00000208. The summed E-state index contributed by atoms with van der Waals surface area (Å²) in [5.74, 6) is 0.415. The minimum absolute atomic E-state index is 0. The number of hydrogen-bond acceptors (Lipinski definition) is 3. The van der Waals surface area contributed by atoms with E-state index in [2.05, 4.69) is 26.2 Å². The summed E-state index contributed by atoms with van der Waals surface area (Å²) in [6.45, 7) is 2.40. The molecule has 0 saturated carbocycles. The molecule has 1 aliphatic heterocycles. The van der Waals surface area contributed by atoms with Crippen LogP contribution < -0.4 is 10.9 Å². The number of fused-ring (bicyclic) bond motifs is 1. The first-order valence-electron chi connectivity index (χ1n) is 7.85. The number of para-hydroxylation sites is 1. The molecule has 1 aromatic carbocycles. The fraction of sp³-hybridized carbons (Fsp3) is 0.412. The van der Waals surface area contributed by atoms with Gasteiger partial charge in [-0.05, 0) is 54.3 Å². The second-order valence-electron chi connectivity index (χ2n) is 6.03. The maximum atomic E-state index is 13.0. The molecule has 1 unspecified atom stereocenters. The monoisotopic (exact) mass is 413 g/mol. The van der Waals surface area contributed by atoms with Crippen LogP contribution in [0.1, 0.15) is 23.2 Å². The lowest BCUT2D eigenvalue weighted by Gasteiger charge is -2.33. The molecule has 0 radical (unpaired) electrons. The van der Waals surface area contributed by atoms with E-state index in [0.29, 0.717) is 17.0 Å². The predicted octanol–water partition coefficient (Wildman–Crippen LogP) is 2.78. The van der Waals surface area contributed by atoms with Gasteiger partial charge in [0.15, 0.2) is 0 Å². The van der Waals surface area contributed by atoms with Gasteiger partial charge in [-0.15, -0.1) is 12.4 Å². The van der Waals surface area contributed by atoms with Crippen LogP contribution >= 0.6 is 28.3 Å².